The van der Waals surface area contributed by atoms with E-state index in [0.29, 0.717) is 18.7 Å². The number of carbonyl (C=O) groups is 1. The van der Waals surface area contributed by atoms with Gasteiger partial charge in [0, 0.05) is 39.1 Å². The van der Waals surface area contributed by atoms with E-state index < -0.39 is 0 Å². The highest BCUT2D eigenvalue weighted by atomic mass is 16.5. The molecule has 1 aliphatic rings. The Morgan fingerprint density at radius 1 is 1.25 bits per heavy atom. The highest BCUT2D eigenvalue weighted by Gasteiger charge is 2.10. The summed E-state index contributed by atoms with van der Waals surface area (Å²) in [5.74, 6) is 0.704. The van der Waals surface area contributed by atoms with Gasteiger partial charge >= 0.3 is 0 Å². The molecule has 0 atom stereocenters. The topological polar surface area (TPSA) is 62.8 Å². The standard InChI is InChI=1S/C18H29N3O3/c1-15(2)24-17-6-4-3-5-16(17)20-18(22)7-8-19-9-10-21-11-13-23-14-12-21/h3-6,15,19H,7-14H2,1-2H3,(H,20,22). The molecule has 1 aromatic carbocycles. The summed E-state index contributed by atoms with van der Waals surface area (Å²) in [5, 5.41) is 6.25. The molecule has 6 nitrogen and oxygen atoms in total. The summed E-state index contributed by atoms with van der Waals surface area (Å²) in [6.07, 6.45) is 0.518. The molecule has 0 unspecified atom stereocenters. The summed E-state index contributed by atoms with van der Waals surface area (Å²) in [4.78, 5) is 14.5. The van der Waals surface area contributed by atoms with Crippen molar-refractivity contribution in [2.75, 3.05) is 51.3 Å². The monoisotopic (exact) mass is 335 g/mol. The van der Waals surface area contributed by atoms with E-state index in [2.05, 4.69) is 15.5 Å². The molecule has 134 valence electrons. The molecule has 2 N–H and O–H groups in total. The lowest BCUT2D eigenvalue weighted by molar-refractivity contribution is -0.116. The average Bonchev–Trinajstić information content (AvgIpc) is 2.57. The number of nitrogens with zero attached hydrogens (tertiary/aromatic N) is 1. The molecule has 1 saturated heterocycles. The molecule has 0 saturated carbocycles. The van der Waals surface area contributed by atoms with Crippen molar-refractivity contribution in [1.82, 2.24) is 10.2 Å². The fourth-order valence-electron chi connectivity index (χ4n) is 2.53. The summed E-state index contributed by atoms with van der Waals surface area (Å²) in [6, 6.07) is 7.53. The van der Waals surface area contributed by atoms with Crippen LogP contribution in [-0.2, 0) is 9.53 Å². The maximum absolute atomic E-state index is 12.1. The number of ether oxygens (including phenoxy) is 2. The number of carbonyl (C=O) groups excluding carboxylic acids is 1. The maximum Gasteiger partial charge on any atom is 0.225 e. The highest BCUT2D eigenvalue weighted by molar-refractivity contribution is 5.92. The lowest BCUT2D eigenvalue weighted by atomic mass is 10.2. The molecule has 1 amide bonds. The van der Waals surface area contributed by atoms with E-state index >= 15 is 0 Å². The lowest BCUT2D eigenvalue weighted by Gasteiger charge is -2.26. The Hall–Kier alpha value is -1.63. The predicted octanol–water partition coefficient (Wildman–Crippen LogP) is 1.72. The fourth-order valence-corrected chi connectivity index (χ4v) is 2.53. The van der Waals surface area contributed by atoms with Gasteiger partial charge in [-0.1, -0.05) is 12.1 Å². The van der Waals surface area contributed by atoms with Crippen LogP contribution in [0.5, 0.6) is 5.75 Å². The van der Waals surface area contributed by atoms with E-state index in [1.165, 1.54) is 0 Å². The van der Waals surface area contributed by atoms with Gasteiger partial charge in [-0.05, 0) is 26.0 Å². The quantitative estimate of drug-likeness (QED) is 0.673. The van der Waals surface area contributed by atoms with E-state index in [4.69, 9.17) is 9.47 Å². The number of anilines is 1. The highest BCUT2D eigenvalue weighted by Crippen LogP contribution is 2.24. The third-order valence-electron chi connectivity index (χ3n) is 3.76. The Bertz CT molecular complexity index is 502. The molecule has 24 heavy (non-hydrogen) atoms. The van der Waals surface area contributed by atoms with Crippen molar-refractivity contribution in [1.29, 1.82) is 0 Å². The first-order chi connectivity index (χ1) is 11.6. The van der Waals surface area contributed by atoms with E-state index in [1.54, 1.807) is 0 Å². The molecule has 0 aromatic heterocycles. The average molecular weight is 335 g/mol. The van der Waals surface area contributed by atoms with Crippen LogP contribution in [0, 0.1) is 0 Å². The van der Waals surface area contributed by atoms with Gasteiger partial charge in [0.2, 0.25) is 5.91 Å². The van der Waals surface area contributed by atoms with Gasteiger partial charge in [0.1, 0.15) is 5.75 Å². The summed E-state index contributed by atoms with van der Waals surface area (Å²) >= 11 is 0. The van der Waals surface area contributed by atoms with Crippen LogP contribution in [0.25, 0.3) is 0 Å². The smallest absolute Gasteiger partial charge is 0.225 e. The second-order valence-electron chi connectivity index (χ2n) is 6.16. The number of amides is 1. The molecular formula is C18H29N3O3. The fraction of sp³-hybridized carbons (Fsp3) is 0.611. The zero-order valence-corrected chi connectivity index (χ0v) is 14.7. The van der Waals surface area contributed by atoms with Gasteiger partial charge in [-0.15, -0.1) is 0 Å². The van der Waals surface area contributed by atoms with Gasteiger partial charge in [0.15, 0.2) is 0 Å². The second-order valence-corrected chi connectivity index (χ2v) is 6.16. The molecule has 1 fully saturated rings. The van der Waals surface area contributed by atoms with Gasteiger partial charge in [-0.25, -0.2) is 0 Å². The van der Waals surface area contributed by atoms with Gasteiger partial charge in [0.25, 0.3) is 0 Å². The molecule has 1 aromatic rings. The van der Waals surface area contributed by atoms with Crippen molar-refractivity contribution in [3.05, 3.63) is 24.3 Å². The maximum atomic E-state index is 12.1. The van der Waals surface area contributed by atoms with Crippen LogP contribution in [0.15, 0.2) is 24.3 Å². The summed E-state index contributed by atoms with van der Waals surface area (Å²) < 4.78 is 11.0. The molecule has 2 rings (SSSR count). The third kappa shape index (κ3) is 6.86. The first-order valence-electron chi connectivity index (χ1n) is 8.71. The van der Waals surface area contributed by atoms with Crippen LogP contribution < -0.4 is 15.4 Å². The minimum atomic E-state index is -0.00585. The third-order valence-corrected chi connectivity index (χ3v) is 3.76. The summed E-state index contributed by atoms with van der Waals surface area (Å²) in [6.45, 7) is 10.1. The van der Waals surface area contributed by atoms with E-state index in [-0.39, 0.29) is 12.0 Å². The Morgan fingerprint density at radius 3 is 2.75 bits per heavy atom. The number of para-hydroxylation sites is 2. The SMILES string of the molecule is CC(C)Oc1ccccc1NC(=O)CCNCCN1CCOCC1. The van der Waals surface area contributed by atoms with Crippen molar-refractivity contribution in [2.24, 2.45) is 0 Å². The van der Waals surface area contributed by atoms with E-state index in [1.807, 2.05) is 38.1 Å². The normalized spacial score (nSPS) is 15.5. The van der Waals surface area contributed by atoms with Crippen molar-refractivity contribution >= 4 is 11.6 Å². The molecule has 0 radical (unpaired) electrons. The number of morpholine rings is 1. The van der Waals surface area contributed by atoms with Gasteiger partial charge in [0.05, 0.1) is 25.0 Å². The number of hydrogen-bond acceptors (Lipinski definition) is 5. The molecule has 0 spiro atoms. The van der Waals surface area contributed by atoms with Gasteiger partial charge < -0.3 is 20.1 Å². The Labute approximate surface area is 144 Å². The number of benzene rings is 1. The summed E-state index contributed by atoms with van der Waals surface area (Å²) in [7, 11) is 0. The second kappa shape index (κ2) is 10.3. The van der Waals surface area contributed by atoms with E-state index in [9.17, 15) is 4.79 Å². The molecule has 0 aliphatic carbocycles. The van der Waals surface area contributed by atoms with Gasteiger partial charge in [-0.3, -0.25) is 9.69 Å². The first kappa shape index (κ1) is 18.7. The lowest BCUT2D eigenvalue weighted by Crippen LogP contribution is -2.40. The number of hydrogen-bond donors (Lipinski definition) is 2. The van der Waals surface area contributed by atoms with Crippen LogP contribution in [0.4, 0.5) is 5.69 Å². The molecule has 1 heterocycles. The van der Waals surface area contributed by atoms with Crippen LogP contribution in [-0.4, -0.2) is 62.8 Å². The Morgan fingerprint density at radius 2 is 2.00 bits per heavy atom. The summed E-state index contributed by atoms with van der Waals surface area (Å²) in [5.41, 5.74) is 0.726. The van der Waals surface area contributed by atoms with Crippen LogP contribution in [0.2, 0.25) is 0 Å². The van der Waals surface area contributed by atoms with Crippen molar-refractivity contribution < 1.29 is 14.3 Å². The van der Waals surface area contributed by atoms with E-state index in [0.717, 1.165) is 45.1 Å². The zero-order chi connectivity index (χ0) is 17.2. The minimum Gasteiger partial charge on any atom is -0.489 e. The van der Waals surface area contributed by atoms with Crippen LogP contribution >= 0.6 is 0 Å². The predicted molar refractivity (Wildman–Crippen MR) is 95.6 cm³/mol. The molecule has 1 aliphatic heterocycles. The van der Waals surface area contributed by atoms with Crippen LogP contribution in [0.1, 0.15) is 20.3 Å². The van der Waals surface area contributed by atoms with Gasteiger partial charge in [-0.2, -0.15) is 0 Å². The first-order valence-corrected chi connectivity index (χ1v) is 8.71. The molecule has 6 heteroatoms. The Kier molecular flexibility index (Phi) is 8.01. The van der Waals surface area contributed by atoms with Crippen molar-refractivity contribution in [2.45, 2.75) is 26.4 Å². The largest absolute Gasteiger partial charge is 0.489 e. The molecule has 0 bridgehead atoms. The van der Waals surface area contributed by atoms with Crippen molar-refractivity contribution in [3.8, 4) is 5.75 Å². The Balaban J connectivity index is 1.64. The molecular weight excluding hydrogens is 306 g/mol. The number of rotatable bonds is 9. The minimum absolute atomic E-state index is 0.00585. The zero-order valence-electron chi connectivity index (χ0n) is 14.7. The number of nitrogens with one attached hydrogen (secondary N) is 2. The van der Waals surface area contributed by atoms with Crippen LogP contribution in [0.3, 0.4) is 0 Å². The van der Waals surface area contributed by atoms with Crippen molar-refractivity contribution in [3.63, 3.8) is 0 Å².